The summed E-state index contributed by atoms with van der Waals surface area (Å²) in [7, 11) is 0. The van der Waals surface area contributed by atoms with Gasteiger partial charge in [0.15, 0.2) is 5.78 Å². The van der Waals surface area contributed by atoms with Crippen molar-refractivity contribution in [2.45, 2.75) is 39.2 Å². The summed E-state index contributed by atoms with van der Waals surface area (Å²) in [5, 5.41) is 0.715. The molecule has 1 aliphatic rings. The summed E-state index contributed by atoms with van der Waals surface area (Å²) in [6, 6.07) is 7.01. The lowest BCUT2D eigenvalue weighted by atomic mass is 9.97. The second kappa shape index (κ2) is 7.03. The molecule has 0 atom stereocenters. The van der Waals surface area contributed by atoms with E-state index in [1.807, 2.05) is 6.92 Å². The smallest absolute Gasteiger partial charge is 0.262 e. The number of Topliss-reactive ketones (excluding diaryl/α,β-unsaturated/α-hetero) is 1. The fourth-order valence-electron chi connectivity index (χ4n) is 3.44. The molecule has 3 aromatic rings. The monoisotopic (exact) mass is 368 g/mol. The predicted octanol–water partition coefficient (Wildman–Crippen LogP) is 3.62. The Kier molecular flexibility index (Phi) is 4.59. The third-order valence-electron chi connectivity index (χ3n) is 4.74. The Morgan fingerprint density at radius 3 is 2.77 bits per heavy atom. The third-order valence-corrected chi connectivity index (χ3v) is 5.94. The number of hydrogen-bond donors (Lipinski definition) is 0. The van der Waals surface area contributed by atoms with Crippen LogP contribution in [0.25, 0.3) is 10.2 Å². The first-order valence-electron chi connectivity index (χ1n) is 8.93. The van der Waals surface area contributed by atoms with Crippen LogP contribution in [0.5, 0.6) is 5.75 Å². The van der Waals surface area contributed by atoms with Crippen LogP contribution in [0.15, 0.2) is 35.4 Å². The number of benzene rings is 1. The first-order chi connectivity index (χ1) is 12.7. The second-order valence-corrected chi connectivity index (χ2v) is 7.53. The highest BCUT2D eigenvalue weighted by Crippen LogP contribution is 2.33. The van der Waals surface area contributed by atoms with Gasteiger partial charge in [0.2, 0.25) is 0 Å². The number of hydrogen-bond acceptors (Lipinski definition) is 5. The van der Waals surface area contributed by atoms with Crippen LogP contribution in [-0.2, 0) is 19.4 Å². The lowest BCUT2D eigenvalue weighted by Crippen LogP contribution is -2.25. The van der Waals surface area contributed by atoms with Gasteiger partial charge in [-0.25, -0.2) is 4.98 Å². The largest absolute Gasteiger partial charge is 0.494 e. The van der Waals surface area contributed by atoms with Crippen molar-refractivity contribution in [3.05, 3.63) is 57.0 Å². The van der Waals surface area contributed by atoms with Crippen LogP contribution < -0.4 is 10.3 Å². The zero-order chi connectivity index (χ0) is 18.1. The minimum atomic E-state index is -0.111. The lowest BCUT2D eigenvalue weighted by Gasteiger charge is -2.10. The van der Waals surface area contributed by atoms with Gasteiger partial charge < -0.3 is 4.74 Å². The molecule has 134 valence electrons. The van der Waals surface area contributed by atoms with E-state index in [2.05, 4.69) is 4.98 Å². The minimum Gasteiger partial charge on any atom is -0.494 e. The average Bonchev–Trinajstić information content (AvgIpc) is 3.04. The molecule has 0 aliphatic heterocycles. The number of aryl methyl sites for hydroxylation is 2. The van der Waals surface area contributed by atoms with Gasteiger partial charge in [-0.1, -0.05) is 0 Å². The summed E-state index contributed by atoms with van der Waals surface area (Å²) >= 11 is 1.62. The van der Waals surface area contributed by atoms with E-state index in [4.69, 9.17) is 4.74 Å². The maximum absolute atomic E-state index is 12.9. The first-order valence-corrected chi connectivity index (χ1v) is 9.74. The predicted molar refractivity (Wildman–Crippen MR) is 102 cm³/mol. The van der Waals surface area contributed by atoms with Gasteiger partial charge in [0.25, 0.3) is 5.56 Å². The van der Waals surface area contributed by atoms with E-state index < -0.39 is 0 Å². The molecule has 0 amide bonds. The fourth-order valence-corrected chi connectivity index (χ4v) is 4.66. The Labute approximate surface area is 155 Å². The molecule has 0 spiro atoms. The SMILES string of the molecule is CCOc1ccc(C(=O)Cn2cnc3sc4c(c3c2=O)CCCC4)cc1. The normalized spacial score (nSPS) is 13.6. The highest BCUT2D eigenvalue weighted by Gasteiger charge is 2.20. The van der Waals surface area contributed by atoms with E-state index in [-0.39, 0.29) is 17.9 Å². The van der Waals surface area contributed by atoms with Crippen molar-refractivity contribution in [2.75, 3.05) is 6.61 Å². The number of aromatic nitrogens is 2. The van der Waals surface area contributed by atoms with E-state index in [1.165, 1.54) is 22.2 Å². The number of ether oxygens (including phenoxy) is 1. The molecule has 26 heavy (non-hydrogen) atoms. The fraction of sp³-hybridized carbons (Fsp3) is 0.350. The zero-order valence-corrected chi connectivity index (χ0v) is 15.5. The summed E-state index contributed by atoms with van der Waals surface area (Å²) in [5.74, 6) is 0.620. The van der Waals surface area contributed by atoms with E-state index in [0.717, 1.165) is 35.4 Å². The molecule has 0 unspecified atom stereocenters. The van der Waals surface area contributed by atoms with Crippen LogP contribution in [0.3, 0.4) is 0 Å². The molecule has 1 aromatic carbocycles. The summed E-state index contributed by atoms with van der Waals surface area (Å²) in [5.41, 5.74) is 1.61. The molecule has 4 rings (SSSR count). The number of rotatable bonds is 5. The first kappa shape index (κ1) is 17.0. The molecule has 0 bridgehead atoms. The summed E-state index contributed by atoms with van der Waals surface area (Å²) in [6.45, 7) is 2.50. The zero-order valence-electron chi connectivity index (χ0n) is 14.7. The van der Waals surface area contributed by atoms with Crippen molar-refractivity contribution >= 4 is 27.3 Å². The Morgan fingerprint density at radius 1 is 1.23 bits per heavy atom. The van der Waals surface area contributed by atoms with Crippen LogP contribution in [0, 0.1) is 0 Å². The highest BCUT2D eigenvalue weighted by atomic mass is 32.1. The van der Waals surface area contributed by atoms with Crippen LogP contribution in [0.2, 0.25) is 0 Å². The number of nitrogens with zero attached hydrogens (tertiary/aromatic N) is 2. The summed E-state index contributed by atoms with van der Waals surface area (Å²) in [4.78, 5) is 32.0. The van der Waals surface area contributed by atoms with Gasteiger partial charge in [0.1, 0.15) is 10.6 Å². The number of thiophene rings is 1. The highest BCUT2D eigenvalue weighted by molar-refractivity contribution is 7.18. The maximum atomic E-state index is 12.9. The van der Waals surface area contributed by atoms with Gasteiger partial charge in [-0.3, -0.25) is 14.2 Å². The average molecular weight is 368 g/mol. The lowest BCUT2D eigenvalue weighted by molar-refractivity contribution is 0.0970. The van der Waals surface area contributed by atoms with Crippen LogP contribution in [-0.4, -0.2) is 21.9 Å². The third kappa shape index (κ3) is 3.05. The Morgan fingerprint density at radius 2 is 2.00 bits per heavy atom. The van der Waals surface area contributed by atoms with Gasteiger partial charge in [-0.15, -0.1) is 11.3 Å². The van der Waals surface area contributed by atoms with Crippen LogP contribution in [0.1, 0.15) is 40.6 Å². The van der Waals surface area contributed by atoms with E-state index in [1.54, 1.807) is 35.6 Å². The van der Waals surface area contributed by atoms with Gasteiger partial charge in [-0.2, -0.15) is 0 Å². The standard InChI is InChI=1S/C20H20N2O3S/c1-2-25-14-9-7-13(8-10-14)16(23)11-22-12-21-19-18(20(22)24)15-5-3-4-6-17(15)26-19/h7-10,12H,2-6,11H2,1H3. The molecular weight excluding hydrogens is 348 g/mol. The van der Waals surface area contributed by atoms with Gasteiger partial charge in [0, 0.05) is 10.4 Å². The van der Waals surface area contributed by atoms with Gasteiger partial charge >= 0.3 is 0 Å². The summed E-state index contributed by atoms with van der Waals surface area (Å²) < 4.78 is 6.83. The van der Waals surface area contributed by atoms with Gasteiger partial charge in [0.05, 0.1) is 24.9 Å². The van der Waals surface area contributed by atoms with Crippen molar-refractivity contribution in [3.8, 4) is 5.75 Å². The molecule has 0 saturated heterocycles. The van der Waals surface area contributed by atoms with E-state index in [9.17, 15) is 9.59 Å². The van der Waals surface area contributed by atoms with Gasteiger partial charge in [-0.05, 0) is 62.4 Å². The Hall–Kier alpha value is -2.47. The number of carbonyl (C=O) groups excluding carboxylic acids is 1. The molecule has 5 nitrogen and oxygen atoms in total. The van der Waals surface area contributed by atoms with Crippen molar-refractivity contribution in [2.24, 2.45) is 0 Å². The Balaban J connectivity index is 1.63. The minimum absolute atomic E-state index is 0.000372. The molecule has 0 radical (unpaired) electrons. The molecule has 1 aliphatic carbocycles. The summed E-state index contributed by atoms with van der Waals surface area (Å²) in [6.07, 6.45) is 5.74. The van der Waals surface area contributed by atoms with E-state index in [0.29, 0.717) is 17.6 Å². The van der Waals surface area contributed by atoms with Crippen LogP contribution >= 0.6 is 11.3 Å². The molecule has 2 heterocycles. The maximum Gasteiger partial charge on any atom is 0.262 e. The number of ketones is 1. The molecule has 2 aromatic heterocycles. The quantitative estimate of drug-likeness (QED) is 0.646. The van der Waals surface area contributed by atoms with Crippen molar-refractivity contribution in [3.63, 3.8) is 0 Å². The molecular formula is C20H20N2O3S. The van der Waals surface area contributed by atoms with Crippen LogP contribution in [0.4, 0.5) is 0 Å². The topological polar surface area (TPSA) is 61.2 Å². The molecule has 0 saturated carbocycles. The second-order valence-electron chi connectivity index (χ2n) is 6.45. The van der Waals surface area contributed by atoms with Crippen molar-refractivity contribution in [1.29, 1.82) is 0 Å². The number of carbonyl (C=O) groups is 1. The molecule has 6 heteroatoms. The van der Waals surface area contributed by atoms with Crippen molar-refractivity contribution in [1.82, 2.24) is 9.55 Å². The number of fused-ring (bicyclic) bond motifs is 3. The molecule has 0 N–H and O–H groups in total. The van der Waals surface area contributed by atoms with E-state index >= 15 is 0 Å². The Bertz CT molecular complexity index is 1020. The van der Waals surface area contributed by atoms with Crippen molar-refractivity contribution < 1.29 is 9.53 Å². The molecule has 0 fully saturated rings.